The van der Waals surface area contributed by atoms with Crippen LogP contribution in [0.1, 0.15) is 63.0 Å². The van der Waals surface area contributed by atoms with Gasteiger partial charge >= 0.3 is 0 Å². The summed E-state index contributed by atoms with van der Waals surface area (Å²) >= 11 is 0. The molecule has 23 heavy (non-hydrogen) atoms. The van der Waals surface area contributed by atoms with Gasteiger partial charge in [-0.1, -0.05) is 50.1 Å². The fourth-order valence-electron chi connectivity index (χ4n) is 5.00. The maximum atomic E-state index is 9.74. The second-order valence-corrected chi connectivity index (χ2v) is 7.57. The number of benzene rings is 2. The lowest BCUT2D eigenvalue weighted by Gasteiger charge is -2.39. The lowest BCUT2D eigenvalue weighted by Crippen LogP contribution is -2.28. The summed E-state index contributed by atoms with van der Waals surface area (Å²) in [5, 5.41) is 12.2. The fraction of sp³-hybridized carbons (Fsp3) is 0.455. The summed E-state index contributed by atoms with van der Waals surface area (Å²) in [6.07, 6.45) is 9.99. The Morgan fingerprint density at radius 2 is 2.09 bits per heavy atom. The first-order chi connectivity index (χ1) is 11.1. The van der Waals surface area contributed by atoms with Crippen LogP contribution < -0.4 is 0 Å². The van der Waals surface area contributed by atoms with Crippen molar-refractivity contribution in [2.75, 3.05) is 0 Å². The van der Waals surface area contributed by atoms with E-state index in [1.165, 1.54) is 48.4 Å². The van der Waals surface area contributed by atoms with Crippen molar-refractivity contribution < 1.29 is 5.11 Å². The molecule has 1 fully saturated rings. The summed E-state index contributed by atoms with van der Waals surface area (Å²) in [5.41, 5.74) is 5.17. The molecule has 1 saturated carbocycles. The number of hydrogen-bond acceptors (Lipinski definition) is 1. The zero-order valence-electron chi connectivity index (χ0n) is 14.2. The molecule has 0 saturated heterocycles. The van der Waals surface area contributed by atoms with Gasteiger partial charge in [-0.2, -0.15) is 0 Å². The average molecular weight is 306 g/mol. The number of allylic oxidation sites excluding steroid dienone is 2. The van der Waals surface area contributed by atoms with E-state index >= 15 is 0 Å². The highest BCUT2D eigenvalue weighted by molar-refractivity contribution is 5.88. The first kappa shape index (κ1) is 14.8. The van der Waals surface area contributed by atoms with E-state index < -0.39 is 0 Å². The molecule has 2 atom stereocenters. The number of fused-ring (bicyclic) bond motifs is 5. The molecule has 2 aromatic carbocycles. The van der Waals surface area contributed by atoms with Crippen molar-refractivity contribution >= 4 is 10.8 Å². The van der Waals surface area contributed by atoms with Crippen LogP contribution in [0.3, 0.4) is 0 Å². The number of hydrogen-bond donors (Lipinski definition) is 1. The molecule has 0 amide bonds. The summed E-state index contributed by atoms with van der Waals surface area (Å²) in [6, 6.07) is 10.4. The van der Waals surface area contributed by atoms with Gasteiger partial charge in [0.25, 0.3) is 0 Å². The predicted molar refractivity (Wildman–Crippen MR) is 97.0 cm³/mol. The molecule has 120 valence electrons. The lowest BCUT2D eigenvalue weighted by atomic mass is 9.64. The molecule has 0 bridgehead atoms. The van der Waals surface area contributed by atoms with Gasteiger partial charge in [0.05, 0.1) is 0 Å². The van der Waals surface area contributed by atoms with Gasteiger partial charge in [0.15, 0.2) is 0 Å². The third-order valence-corrected chi connectivity index (χ3v) is 6.31. The van der Waals surface area contributed by atoms with E-state index in [-0.39, 0.29) is 0 Å². The summed E-state index contributed by atoms with van der Waals surface area (Å²) < 4.78 is 0. The molecular formula is C22H26O. The van der Waals surface area contributed by atoms with Crippen LogP contribution in [0.2, 0.25) is 0 Å². The fourth-order valence-corrected chi connectivity index (χ4v) is 5.00. The summed E-state index contributed by atoms with van der Waals surface area (Å²) in [7, 11) is 0. The first-order valence-electron chi connectivity index (χ1n) is 9.07. The summed E-state index contributed by atoms with van der Waals surface area (Å²) in [6.45, 7) is 4.76. The van der Waals surface area contributed by atoms with E-state index in [1.807, 2.05) is 12.1 Å². The van der Waals surface area contributed by atoms with Crippen molar-refractivity contribution in [3.05, 3.63) is 53.1 Å². The Morgan fingerprint density at radius 1 is 1.22 bits per heavy atom. The van der Waals surface area contributed by atoms with Crippen LogP contribution in [-0.2, 0) is 6.42 Å². The maximum absolute atomic E-state index is 9.74. The summed E-state index contributed by atoms with van der Waals surface area (Å²) in [4.78, 5) is 0. The SMILES string of the molecule is CCCC=C1CC[C@H]2c3ccc4cc(O)ccc4c3CC[C@]12C. The van der Waals surface area contributed by atoms with Gasteiger partial charge < -0.3 is 5.11 Å². The van der Waals surface area contributed by atoms with Crippen LogP contribution in [0.5, 0.6) is 5.75 Å². The highest BCUT2D eigenvalue weighted by Gasteiger charge is 2.46. The van der Waals surface area contributed by atoms with Gasteiger partial charge in [0.2, 0.25) is 0 Å². The van der Waals surface area contributed by atoms with Crippen LogP contribution in [-0.4, -0.2) is 5.11 Å². The zero-order chi connectivity index (χ0) is 16.0. The highest BCUT2D eigenvalue weighted by atomic mass is 16.3. The van der Waals surface area contributed by atoms with E-state index in [0.29, 0.717) is 17.1 Å². The molecule has 2 aromatic rings. The molecule has 0 unspecified atom stereocenters. The molecule has 0 aliphatic heterocycles. The Morgan fingerprint density at radius 3 is 2.91 bits per heavy atom. The van der Waals surface area contributed by atoms with Crippen LogP contribution in [0.4, 0.5) is 0 Å². The Balaban J connectivity index is 1.81. The molecule has 4 rings (SSSR count). The number of phenols is 1. The standard InChI is InChI=1S/C22H26O/c1-3-4-5-16-7-11-21-20-9-6-15-14-17(23)8-10-18(15)19(20)12-13-22(16,21)2/h5-6,8-10,14,21,23H,3-4,7,11-13H2,1-2H3/t21-,22+/m0/s1. The first-order valence-corrected chi connectivity index (χ1v) is 9.07. The molecule has 1 nitrogen and oxygen atoms in total. The van der Waals surface area contributed by atoms with E-state index in [1.54, 1.807) is 11.1 Å². The van der Waals surface area contributed by atoms with E-state index in [4.69, 9.17) is 0 Å². The average Bonchev–Trinajstić information content (AvgIpc) is 2.89. The minimum atomic E-state index is 0.365. The number of phenolic OH excluding ortho intramolecular Hbond substituents is 1. The van der Waals surface area contributed by atoms with E-state index in [2.05, 4.69) is 38.1 Å². The predicted octanol–water partition coefficient (Wildman–Crippen LogP) is 6.10. The lowest BCUT2D eigenvalue weighted by molar-refractivity contribution is 0.306. The Bertz CT molecular complexity index is 786. The monoisotopic (exact) mass is 306 g/mol. The number of rotatable bonds is 2. The smallest absolute Gasteiger partial charge is 0.116 e. The largest absolute Gasteiger partial charge is 0.508 e. The topological polar surface area (TPSA) is 20.2 Å². The molecule has 1 heteroatoms. The molecule has 0 spiro atoms. The zero-order valence-corrected chi connectivity index (χ0v) is 14.2. The van der Waals surface area contributed by atoms with Crippen molar-refractivity contribution in [2.24, 2.45) is 5.41 Å². The van der Waals surface area contributed by atoms with Crippen LogP contribution in [0.25, 0.3) is 10.8 Å². The number of aryl methyl sites for hydroxylation is 1. The van der Waals surface area contributed by atoms with Crippen LogP contribution >= 0.6 is 0 Å². The maximum Gasteiger partial charge on any atom is 0.116 e. The molecule has 0 aromatic heterocycles. The van der Waals surface area contributed by atoms with Crippen molar-refractivity contribution in [1.82, 2.24) is 0 Å². The van der Waals surface area contributed by atoms with E-state index in [0.717, 1.165) is 6.42 Å². The third-order valence-electron chi connectivity index (χ3n) is 6.31. The van der Waals surface area contributed by atoms with Crippen molar-refractivity contribution in [3.8, 4) is 5.75 Å². The van der Waals surface area contributed by atoms with Gasteiger partial charge in [-0.25, -0.2) is 0 Å². The van der Waals surface area contributed by atoms with Crippen LogP contribution in [0, 0.1) is 5.41 Å². The van der Waals surface area contributed by atoms with Gasteiger partial charge in [0, 0.05) is 0 Å². The molecule has 1 N–H and O–H groups in total. The van der Waals surface area contributed by atoms with Crippen LogP contribution in [0.15, 0.2) is 42.0 Å². The van der Waals surface area contributed by atoms with E-state index in [9.17, 15) is 5.11 Å². The Hall–Kier alpha value is -1.76. The third kappa shape index (κ3) is 2.21. The number of unbranched alkanes of at least 4 members (excludes halogenated alkanes) is 1. The normalized spacial score (nSPS) is 28.1. The molecule has 2 aliphatic rings. The minimum Gasteiger partial charge on any atom is -0.508 e. The molecular weight excluding hydrogens is 280 g/mol. The summed E-state index contributed by atoms with van der Waals surface area (Å²) in [5.74, 6) is 1.04. The van der Waals surface area contributed by atoms with Crippen molar-refractivity contribution in [3.63, 3.8) is 0 Å². The quantitative estimate of drug-likeness (QED) is 0.664. The highest BCUT2D eigenvalue weighted by Crippen LogP contribution is 2.59. The molecule has 2 aliphatic carbocycles. The second-order valence-electron chi connectivity index (χ2n) is 7.57. The minimum absolute atomic E-state index is 0.365. The van der Waals surface area contributed by atoms with Gasteiger partial charge in [0.1, 0.15) is 5.75 Å². The molecule has 0 radical (unpaired) electrons. The Kier molecular flexibility index (Phi) is 3.48. The van der Waals surface area contributed by atoms with Gasteiger partial charge in [-0.05, 0) is 77.5 Å². The Labute approximate surface area is 139 Å². The molecule has 0 heterocycles. The van der Waals surface area contributed by atoms with Gasteiger partial charge in [-0.15, -0.1) is 0 Å². The second kappa shape index (κ2) is 5.40. The van der Waals surface area contributed by atoms with Gasteiger partial charge in [-0.3, -0.25) is 0 Å². The van der Waals surface area contributed by atoms with Crippen molar-refractivity contribution in [2.45, 2.75) is 58.3 Å². The van der Waals surface area contributed by atoms with Crippen molar-refractivity contribution in [1.29, 1.82) is 0 Å². The number of aromatic hydroxyl groups is 1.